The van der Waals surface area contributed by atoms with Crippen LogP contribution < -0.4 is 4.74 Å². The summed E-state index contributed by atoms with van der Waals surface area (Å²) in [4.78, 5) is 0. The van der Waals surface area contributed by atoms with Gasteiger partial charge in [0, 0.05) is 10.9 Å². The number of benzene rings is 7. The summed E-state index contributed by atoms with van der Waals surface area (Å²) >= 11 is 0. The van der Waals surface area contributed by atoms with Gasteiger partial charge in [-0.15, -0.1) is 0 Å². The lowest BCUT2D eigenvalue weighted by Crippen LogP contribution is -1.97. The number of hydrogen-bond acceptors (Lipinski definition) is 1. The molecule has 0 bridgehead atoms. The second-order valence-corrected chi connectivity index (χ2v) is 9.71. The van der Waals surface area contributed by atoms with Crippen LogP contribution in [0, 0.1) is 0 Å². The Bertz CT molecular complexity index is 2000. The van der Waals surface area contributed by atoms with E-state index in [0.717, 1.165) is 22.6 Å². The minimum atomic E-state index is 0.908. The molecule has 0 aliphatic carbocycles. The van der Waals surface area contributed by atoms with E-state index in [-0.39, 0.29) is 0 Å². The molecular formula is C36H22O. The fourth-order valence-corrected chi connectivity index (χ4v) is 5.98. The maximum absolute atomic E-state index is 6.46. The van der Waals surface area contributed by atoms with Crippen molar-refractivity contribution >= 4 is 32.3 Å². The minimum absolute atomic E-state index is 0.908. The first-order valence-corrected chi connectivity index (χ1v) is 12.7. The molecule has 0 N–H and O–H groups in total. The lowest BCUT2D eigenvalue weighted by molar-refractivity contribution is 0.487. The predicted molar refractivity (Wildman–Crippen MR) is 155 cm³/mol. The highest BCUT2D eigenvalue weighted by atomic mass is 16.5. The van der Waals surface area contributed by atoms with Crippen molar-refractivity contribution in [1.82, 2.24) is 0 Å². The van der Waals surface area contributed by atoms with Gasteiger partial charge in [0.1, 0.15) is 11.5 Å². The second kappa shape index (κ2) is 7.81. The molecule has 0 radical (unpaired) electrons. The van der Waals surface area contributed by atoms with Gasteiger partial charge in [-0.2, -0.15) is 0 Å². The molecule has 1 heterocycles. The molecule has 172 valence electrons. The van der Waals surface area contributed by atoms with E-state index >= 15 is 0 Å². The van der Waals surface area contributed by atoms with E-state index in [2.05, 4.69) is 133 Å². The normalized spacial score (nSPS) is 12.0. The molecule has 0 unspecified atom stereocenters. The first kappa shape index (κ1) is 20.3. The minimum Gasteiger partial charge on any atom is -0.456 e. The van der Waals surface area contributed by atoms with Gasteiger partial charge < -0.3 is 4.74 Å². The van der Waals surface area contributed by atoms with Crippen molar-refractivity contribution in [2.45, 2.75) is 0 Å². The summed E-state index contributed by atoms with van der Waals surface area (Å²) in [6, 6.07) is 47.8. The Hall–Kier alpha value is -4.88. The Morgan fingerprint density at radius 3 is 1.81 bits per heavy atom. The molecule has 1 nitrogen and oxygen atoms in total. The fourth-order valence-electron chi connectivity index (χ4n) is 5.98. The molecule has 7 aromatic carbocycles. The molecule has 0 fully saturated rings. The van der Waals surface area contributed by atoms with Crippen LogP contribution in [0.2, 0.25) is 0 Å². The van der Waals surface area contributed by atoms with E-state index in [1.807, 2.05) is 0 Å². The van der Waals surface area contributed by atoms with Crippen LogP contribution in [-0.2, 0) is 0 Å². The van der Waals surface area contributed by atoms with Crippen LogP contribution >= 0.6 is 0 Å². The molecule has 1 heteroatoms. The number of rotatable bonds is 2. The summed E-state index contributed by atoms with van der Waals surface area (Å²) in [5.74, 6) is 1.83. The van der Waals surface area contributed by atoms with E-state index in [4.69, 9.17) is 4.74 Å². The summed E-state index contributed by atoms with van der Waals surface area (Å²) in [6.45, 7) is 0. The maximum atomic E-state index is 6.46. The fraction of sp³-hybridized carbons (Fsp3) is 0. The van der Waals surface area contributed by atoms with Crippen LogP contribution in [0.1, 0.15) is 0 Å². The van der Waals surface area contributed by atoms with Crippen LogP contribution in [0.5, 0.6) is 11.5 Å². The van der Waals surface area contributed by atoms with Gasteiger partial charge in [-0.25, -0.2) is 0 Å². The number of fused-ring (bicyclic) bond motifs is 4. The monoisotopic (exact) mass is 470 g/mol. The van der Waals surface area contributed by atoms with Crippen molar-refractivity contribution in [1.29, 1.82) is 0 Å². The first-order chi connectivity index (χ1) is 18.3. The molecule has 7 aromatic rings. The molecule has 0 spiro atoms. The van der Waals surface area contributed by atoms with Gasteiger partial charge in [0.15, 0.2) is 0 Å². The van der Waals surface area contributed by atoms with Crippen molar-refractivity contribution in [3.8, 4) is 44.9 Å². The number of hydrogen-bond donors (Lipinski definition) is 0. The van der Waals surface area contributed by atoms with Crippen molar-refractivity contribution in [3.63, 3.8) is 0 Å². The molecule has 0 atom stereocenters. The molecule has 0 saturated carbocycles. The summed E-state index contributed by atoms with van der Waals surface area (Å²) in [7, 11) is 0. The Morgan fingerprint density at radius 2 is 0.946 bits per heavy atom. The van der Waals surface area contributed by atoms with Gasteiger partial charge in [0.25, 0.3) is 0 Å². The summed E-state index contributed by atoms with van der Waals surface area (Å²) in [5, 5.41) is 7.43. The Labute approximate surface area is 215 Å². The Morgan fingerprint density at radius 1 is 0.351 bits per heavy atom. The van der Waals surface area contributed by atoms with Gasteiger partial charge in [-0.3, -0.25) is 0 Å². The molecule has 0 saturated heterocycles. The highest BCUT2D eigenvalue weighted by molar-refractivity contribution is 6.10. The Kier molecular flexibility index (Phi) is 4.29. The van der Waals surface area contributed by atoms with Crippen LogP contribution in [0.4, 0.5) is 0 Å². The van der Waals surface area contributed by atoms with Crippen LogP contribution in [0.3, 0.4) is 0 Å². The van der Waals surface area contributed by atoms with Gasteiger partial charge in [0.2, 0.25) is 0 Å². The predicted octanol–water partition coefficient (Wildman–Crippen LogP) is 10.3. The van der Waals surface area contributed by atoms with Gasteiger partial charge >= 0.3 is 0 Å². The average Bonchev–Trinajstić information content (AvgIpc) is 2.96. The van der Waals surface area contributed by atoms with E-state index in [1.165, 1.54) is 54.6 Å². The summed E-state index contributed by atoms with van der Waals surface area (Å²) in [6.07, 6.45) is 0. The molecule has 8 rings (SSSR count). The van der Waals surface area contributed by atoms with E-state index in [1.54, 1.807) is 0 Å². The van der Waals surface area contributed by atoms with Crippen molar-refractivity contribution in [3.05, 3.63) is 133 Å². The molecular weight excluding hydrogens is 448 g/mol. The first-order valence-electron chi connectivity index (χ1n) is 12.7. The summed E-state index contributed by atoms with van der Waals surface area (Å²) < 4.78 is 6.46. The average molecular weight is 471 g/mol. The van der Waals surface area contributed by atoms with Crippen LogP contribution in [0.15, 0.2) is 133 Å². The zero-order chi connectivity index (χ0) is 24.3. The van der Waals surface area contributed by atoms with Crippen molar-refractivity contribution < 1.29 is 4.74 Å². The van der Waals surface area contributed by atoms with E-state index in [0.29, 0.717) is 0 Å². The standard InChI is InChI=1S/C36H22O/c1-2-12-26-23(8-1)9-5-15-29(26)31-21-20-27(28-13-3-4-14-30(28)31)25-18-19-32-33-16-6-10-24-11-7-17-34(36(24)33)37-35(32)22-25/h1-22H. The molecule has 37 heavy (non-hydrogen) atoms. The molecule has 0 amide bonds. The zero-order valence-corrected chi connectivity index (χ0v) is 20.1. The van der Waals surface area contributed by atoms with Crippen molar-refractivity contribution in [2.24, 2.45) is 0 Å². The van der Waals surface area contributed by atoms with E-state index in [9.17, 15) is 0 Å². The highest BCUT2D eigenvalue weighted by Crippen LogP contribution is 2.48. The maximum Gasteiger partial charge on any atom is 0.135 e. The lowest BCUT2D eigenvalue weighted by atomic mass is 9.89. The number of ether oxygens (including phenoxy) is 1. The molecule has 1 aliphatic rings. The third-order valence-electron chi connectivity index (χ3n) is 7.67. The summed E-state index contributed by atoms with van der Waals surface area (Å²) in [5.41, 5.74) is 7.26. The van der Waals surface area contributed by atoms with Crippen LogP contribution in [0.25, 0.3) is 65.7 Å². The second-order valence-electron chi connectivity index (χ2n) is 9.71. The quantitative estimate of drug-likeness (QED) is 0.244. The zero-order valence-electron chi connectivity index (χ0n) is 20.1. The largest absolute Gasteiger partial charge is 0.456 e. The molecule has 1 aliphatic heterocycles. The van der Waals surface area contributed by atoms with Crippen LogP contribution in [-0.4, -0.2) is 0 Å². The SMILES string of the molecule is c1ccc2c(-c3ccc(-c4ccc5c(c4)Oc4cccc6cccc-5c46)c4ccccc34)cccc2c1. The smallest absolute Gasteiger partial charge is 0.135 e. The van der Waals surface area contributed by atoms with Gasteiger partial charge in [0.05, 0.1) is 0 Å². The van der Waals surface area contributed by atoms with Gasteiger partial charge in [-0.05, 0) is 72.9 Å². The third kappa shape index (κ3) is 3.04. The molecule has 0 aromatic heterocycles. The highest BCUT2D eigenvalue weighted by Gasteiger charge is 2.21. The Balaban J connectivity index is 1.32. The topological polar surface area (TPSA) is 9.23 Å². The van der Waals surface area contributed by atoms with Crippen molar-refractivity contribution in [2.75, 3.05) is 0 Å². The lowest BCUT2D eigenvalue weighted by Gasteiger charge is -2.22. The van der Waals surface area contributed by atoms with E-state index < -0.39 is 0 Å². The third-order valence-corrected chi connectivity index (χ3v) is 7.67. The van der Waals surface area contributed by atoms with Gasteiger partial charge in [-0.1, -0.05) is 115 Å².